The molecule has 5 nitrogen and oxygen atoms in total. The van der Waals surface area contributed by atoms with Gasteiger partial charge in [0.2, 0.25) is 0 Å². The van der Waals surface area contributed by atoms with Crippen molar-refractivity contribution in [1.29, 1.82) is 0 Å². The molecular formula is C20H22N2O3. The predicted molar refractivity (Wildman–Crippen MR) is 96.3 cm³/mol. The maximum atomic E-state index is 12.8. The Balaban J connectivity index is 1.65. The molecule has 0 bridgehead atoms. The Kier molecular flexibility index (Phi) is 5.33. The van der Waals surface area contributed by atoms with Gasteiger partial charge in [-0.15, -0.1) is 0 Å². The van der Waals surface area contributed by atoms with Crippen molar-refractivity contribution < 1.29 is 14.3 Å². The van der Waals surface area contributed by atoms with Crippen molar-refractivity contribution in [2.24, 2.45) is 0 Å². The highest BCUT2D eigenvalue weighted by Crippen LogP contribution is 2.21. The Morgan fingerprint density at radius 3 is 2.36 bits per heavy atom. The van der Waals surface area contributed by atoms with Crippen LogP contribution < -0.4 is 5.32 Å². The fourth-order valence-corrected chi connectivity index (χ4v) is 3.10. The smallest absolute Gasteiger partial charge is 0.407 e. The fourth-order valence-electron chi connectivity index (χ4n) is 3.10. The van der Waals surface area contributed by atoms with Crippen molar-refractivity contribution in [3.05, 3.63) is 60.2 Å². The van der Waals surface area contributed by atoms with Gasteiger partial charge in [-0.3, -0.25) is 4.79 Å². The standard InChI is InChI=1S/C20H22N2O3/c1-25-20(24)21-18-10-12-22(13-11-18)19(23)17-9-5-8-16(14-17)15-6-3-2-4-7-15/h2-9,14,18H,10-13H2,1H3,(H,21,24). The van der Waals surface area contributed by atoms with E-state index in [4.69, 9.17) is 0 Å². The van der Waals surface area contributed by atoms with Crippen LogP contribution in [0.1, 0.15) is 23.2 Å². The Bertz CT molecular complexity index is 738. The Labute approximate surface area is 147 Å². The molecule has 1 aliphatic rings. The number of carbonyl (C=O) groups excluding carboxylic acids is 2. The van der Waals surface area contributed by atoms with Gasteiger partial charge >= 0.3 is 6.09 Å². The van der Waals surface area contributed by atoms with Crippen molar-refractivity contribution in [3.63, 3.8) is 0 Å². The molecule has 0 spiro atoms. The minimum atomic E-state index is -0.416. The summed E-state index contributed by atoms with van der Waals surface area (Å²) in [5, 5.41) is 2.80. The van der Waals surface area contributed by atoms with Crippen molar-refractivity contribution in [1.82, 2.24) is 10.2 Å². The second kappa shape index (κ2) is 7.83. The summed E-state index contributed by atoms with van der Waals surface area (Å²) in [4.78, 5) is 25.9. The van der Waals surface area contributed by atoms with Gasteiger partial charge in [0, 0.05) is 24.7 Å². The molecule has 1 fully saturated rings. The van der Waals surface area contributed by atoms with E-state index in [9.17, 15) is 9.59 Å². The number of nitrogens with one attached hydrogen (secondary N) is 1. The summed E-state index contributed by atoms with van der Waals surface area (Å²) in [5.74, 6) is 0.0364. The van der Waals surface area contributed by atoms with Gasteiger partial charge in [0.1, 0.15) is 0 Å². The highest BCUT2D eigenvalue weighted by Gasteiger charge is 2.24. The van der Waals surface area contributed by atoms with Gasteiger partial charge in [-0.2, -0.15) is 0 Å². The average molecular weight is 338 g/mol. The molecule has 0 radical (unpaired) electrons. The van der Waals surface area contributed by atoms with E-state index >= 15 is 0 Å². The first kappa shape index (κ1) is 17.0. The van der Waals surface area contributed by atoms with Crippen LogP contribution in [0.25, 0.3) is 11.1 Å². The van der Waals surface area contributed by atoms with E-state index in [1.165, 1.54) is 7.11 Å². The average Bonchev–Trinajstić information content (AvgIpc) is 2.68. The predicted octanol–water partition coefficient (Wildman–Crippen LogP) is 3.31. The largest absolute Gasteiger partial charge is 0.453 e. The zero-order valence-corrected chi connectivity index (χ0v) is 14.3. The number of hydrogen-bond acceptors (Lipinski definition) is 3. The summed E-state index contributed by atoms with van der Waals surface area (Å²) in [5.41, 5.74) is 2.83. The van der Waals surface area contributed by atoms with Crippen LogP contribution in [0, 0.1) is 0 Å². The van der Waals surface area contributed by atoms with Crippen LogP contribution in [0.3, 0.4) is 0 Å². The Morgan fingerprint density at radius 1 is 1.00 bits per heavy atom. The number of nitrogens with zero attached hydrogens (tertiary/aromatic N) is 1. The molecule has 0 aliphatic carbocycles. The van der Waals surface area contributed by atoms with Crippen LogP contribution >= 0.6 is 0 Å². The number of rotatable bonds is 3. The molecule has 1 aliphatic heterocycles. The summed E-state index contributed by atoms with van der Waals surface area (Å²) in [6, 6.07) is 17.8. The summed E-state index contributed by atoms with van der Waals surface area (Å²) >= 11 is 0. The van der Waals surface area contributed by atoms with Gasteiger partial charge in [-0.25, -0.2) is 4.79 Å². The molecule has 0 saturated carbocycles. The molecule has 0 atom stereocenters. The van der Waals surface area contributed by atoms with E-state index in [0.29, 0.717) is 18.7 Å². The van der Waals surface area contributed by atoms with Crippen LogP contribution in [-0.4, -0.2) is 43.1 Å². The molecule has 2 amide bonds. The van der Waals surface area contributed by atoms with Gasteiger partial charge in [0.15, 0.2) is 0 Å². The van der Waals surface area contributed by atoms with E-state index in [1.807, 2.05) is 59.5 Å². The number of likely N-dealkylation sites (tertiary alicyclic amines) is 1. The number of hydrogen-bond donors (Lipinski definition) is 1. The van der Waals surface area contributed by atoms with Crippen LogP contribution in [0.5, 0.6) is 0 Å². The van der Waals surface area contributed by atoms with Crippen LogP contribution in [0.2, 0.25) is 0 Å². The van der Waals surface area contributed by atoms with Crippen molar-refractivity contribution in [2.45, 2.75) is 18.9 Å². The number of amides is 2. The second-order valence-corrected chi connectivity index (χ2v) is 6.15. The minimum Gasteiger partial charge on any atom is -0.453 e. The van der Waals surface area contributed by atoms with Crippen LogP contribution in [0.4, 0.5) is 4.79 Å². The second-order valence-electron chi connectivity index (χ2n) is 6.15. The number of benzene rings is 2. The Hall–Kier alpha value is -2.82. The van der Waals surface area contributed by atoms with Crippen LogP contribution in [0.15, 0.2) is 54.6 Å². The molecule has 5 heteroatoms. The normalized spacial score (nSPS) is 14.8. The number of methoxy groups -OCH3 is 1. The summed E-state index contributed by atoms with van der Waals surface area (Å²) in [7, 11) is 1.35. The Morgan fingerprint density at radius 2 is 1.68 bits per heavy atom. The number of alkyl carbamates (subject to hydrolysis) is 1. The lowest BCUT2D eigenvalue weighted by Gasteiger charge is -2.32. The quantitative estimate of drug-likeness (QED) is 0.934. The van der Waals surface area contributed by atoms with Gasteiger partial charge < -0.3 is 15.0 Å². The molecule has 1 saturated heterocycles. The molecular weight excluding hydrogens is 316 g/mol. The lowest BCUT2D eigenvalue weighted by Crippen LogP contribution is -2.46. The van der Waals surface area contributed by atoms with E-state index < -0.39 is 6.09 Å². The maximum absolute atomic E-state index is 12.8. The van der Waals surface area contributed by atoms with Crippen LogP contribution in [-0.2, 0) is 4.74 Å². The lowest BCUT2D eigenvalue weighted by molar-refractivity contribution is 0.0704. The molecule has 3 rings (SSSR count). The van der Waals surface area contributed by atoms with Crippen molar-refractivity contribution in [2.75, 3.05) is 20.2 Å². The molecule has 25 heavy (non-hydrogen) atoms. The van der Waals surface area contributed by atoms with E-state index in [1.54, 1.807) is 0 Å². The first-order valence-corrected chi connectivity index (χ1v) is 8.46. The molecule has 130 valence electrons. The summed E-state index contributed by atoms with van der Waals surface area (Å²) < 4.78 is 4.62. The highest BCUT2D eigenvalue weighted by molar-refractivity contribution is 5.95. The molecule has 1 heterocycles. The van der Waals surface area contributed by atoms with Gasteiger partial charge in [-0.1, -0.05) is 42.5 Å². The number of carbonyl (C=O) groups is 2. The fraction of sp³-hybridized carbons (Fsp3) is 0.300. The first-order chi connectivity index (χ1) is 12.2. The number of piperidine rings is 1. The van der Waals surface area contributed by atoms with Gasteiger partial charge in [0.25, 0.3) is 5.91 Å². The SMILES string of the molecule is COC(=O)NC1CCN(C(=O)c2cccc(-c3ccccc3)c2)CC1. The molecule has 2 aromatic carbocycles. The van der Waals surface area contributed by atoms with Gasteiger partial charge in [-0.05, 0) is 36.1 Å². The van der Waals surface area contributed by atoms with Crippen molar-refractivity contribution >= 4 is 12.0 Å². The zero-order valence-electron chi connectivity index (χ0n) is 14.3. The topological polar surface area (TPSA) is 58.6 Å². The first-order valence-electron chi connectivity index (χ1n) is 8.46. The third-order valence-corrected chi connectivity index (χ3v) is 4.51. The third kappa shape index (κ3) is 4.18. The van der Waals surface area contributed by atoms with Crippen molar-refractivity contribution in [3.8, 4) is 11.1 Å². The number of ether oxygens (including phenoxy) is 1. The van der Waals surface area contributed by atoms with E-state index in [0.717, 1.165) is 24.0 Å². The molecule has 0 unspecified atom stereocenters. The maximum Gasteiger partial charge on any atom is 0.407 e. The highest BCUT2D eigenvalue weighted by atomic mass is 16.5. The monoisotopic (exact) mass is 338 g/mol. The zero-order chi connectivity index (χ0) is 17.6. The molecule has 1 N–H and O–H groups in total. The third-order valence-electron chi connectivity index (χ3n) is 4.51. The molecule has 2 aromatic rings. The van der Waals surface area contributed by atoms with Gasteiger partial charge in [0.05, 0.1) is 7.11 Å². The summed E-state index contributed by atoms with van der Waals surface area (Å²) in [6.45, 7) is 1.26. The minimum absolute atomic E-state index is 0.0364. The summed E-state index contributed by atoms with van der Waals surface area (Å²) in [6.07, 6.45) is 1.05. The van der Waals surface area contributed by atoms with E-state index in [-0.39, 0.29) is 11.9 Å². The molecule has 0 aromatic heterocycles. The lowest BCUT2D eigenvalue weighted by atomic mass is 10.0. The van der Waals surface area contributed by atoms with E-state index in [2.05, 4.69) is 10.1 Å².